The number of hydrogen-bond donors (Lipinski definition) is 2. The molecular weight excluding hydrogens is 360 g/mol. The summed E-state index contributed by atoms with van der Waals surface area (Å²) in [6, 6.07) is 12.2. The summed E-state index contributed by atoms with van der Waals surface area (Å²) >= 11 is 0. The van der Waals surface area contributed by atoms with Crippen molar-refractivity contribution in [2.45, 2.75) is 50.9 Å². The quantitative estimate of drug-likeness (QED) is 0.776. The van der Waals surface area contributed by atoms with E-state index in [1.54, 1.807) is 0 Å². The number of halogens is 1. The van der Waals surface area contributed by atoms with E-state index in [0.29, 0.717) is 18.3 Å². The number of para-hydroxylation sites is 1. The van der Waals surface area contributed by atoms with Crippen molar-refractivity contribution in [2.24, 2.45) is 5.92 Å². The third-order valence-electron chi connectivity index (χ3n) is 5.71. The Morgan fingerprint density at radius 3 is 2.67 bits per heavy atom. The van der Waals surface area contributed by atoms with E-state index in [4.69, 9.17) is 5.10 Å². The van der Waals surface area contributed by atoms with Crippen LogP contribution in [0.15, 0.2) is 36.4 Å². The van der Waals surface area contributed by atoms with Crippen LogP contribution in [-0.4, -0.2) is 28.8 Å². The molecule has 146 valence electrons. The van der Waals surface area contributed by atoms with Gasteiger partial charge in [0, 0.05) is 18.4 Å². The highest BCUT2D eigenvalue weighted by atomic mass is 35.5. The first-order valence-corrected chi connectivity index (χ1v) is 9.95. The van der Waals surface area contributed by atoms with Crippen LogP contribution in [-0.2, 0) is 4.79 Å². The zero-order chi connectivity index (χ0) is 17.8. The smallest absolute Gasteiger partial charge is 0.225 e. The lowest BCUT2D eigenvalue weighted by molar-refractivity contribution is -0.116. The van der Waals surface area contributed by atoms with Gasteiger partial charge in [-0.15, -0.1) is 12.4 Å². The van der Waals surface area contributed by atoms with Crippen molar-refractivity contribution in [3.63, 3.8) is 0 Å². The number of nitrogens with one attached hydrogen (secondary N) is 2. The van der Waals surface area contributed by atoms with Crippen molar-refractivity contribution in [3.05, 3.63) is 42.1 Å². The highest BCUT2D eigenvalue weighted by Crippen LogP contribution is 2.35. The first kappa shape index (κ1) is 19.9. The number of amides is 1. The van der Waals surface area contributed by atoms with Gasteiger partial charge in [0.2, 0.25) is 5.91 Å². The minimum absolute atomic E-state index is 0. The number of aromatic nitrogens is 2. The second-order valence-corrected chi connectivity index (χ2v) is 7.63. The molecule has 27 heavy (non-hydrogen) atoms. The molecular formula is C21H29ClN4O. The lowest BCUT2D eigenvalue weighted by Crippen LogP contribution is -2.17. The Morgan fingerprint density at radius 2 is 1.96 bits per heavy atom. The van der Waals surface area contributed by atoms with Crippen LogP contribution in [0.1, 0.15) is 56.6 Å². The van der Waals surface area contributed by atoms with Crippen LogP contribution in [0.3, 0.4) is 0 Å². The average molecular weight is 389 g/mol. The summed E-state index contributed by atoms with van der Waals surface area (Å²) in [5.74, 6) is 2.05. The summed E-state index contributed by atoms with van der Waals surface area (Å²) in [4.78, 5) is 12.5. The topological polar surface area (TPSA) is 59.0 Å². The first-order valence-electron chi connectivity index (χ1n) is 9.95. The third-order valence-corrected chi connectivity index (χ3v) is 5.71. The van der Waals surface area contributed by atoms with Crippen LogP contribution in [0, 0.1) is 5.92 Å². The number of nitrogens with zero attached hydrogens (tertiary/aromatic N) is 2. The van der Waals surface area contributed by atoms with Gasteiger partial charge in [0.15, 0.2) is 0 Å². The molecule has 2 aliphatic rings. The van der Waals surface area contributed by atoms with Gasteiger partial charge in [0.1, 0.15) is 5.82 Å². The number of anilines is 1. The predicted molar refractivity (Wildman–Crippen MR) is 111 cm³/mol. The molecule has 1 aromatic heterocycles. The number of carbonyl (C=O) groups is 1. The lowest BCUT2D eigenvalue weighted by atomic mass is 10.0. The SMILES string of the molecule is Cl.O=C(CCC1CCNC1)Nc1cc(C2CCCC2)nn1-c1ccccc1. The Kier molecular flexibility index (Phi) is 6.91. The molecule has 1 aromatic carbocycles. The number of rotatable bonds is 6. The minimum atomic E-state index is 0. The zero-order valence-corrected chi connectivity index (χ0v) is 16.5. The van der Waals surface area contributed by atoms with Crippen LogP contribution in [0.25, 0.3) is 5.69 Å². The van der Waals surface area contributed by atoms with E-state index >= 15 is 0 Å². The van der Waals surface area contributed by atoms with Gasteiger partial charge in [-0.1, -0.05) is 31.0 Å². The van der Waals surface area contributed by atoms with Crippen LogP contribution in [0.4, 0.5) is 5.82 Å². The van der Waals surface area contributed by atoms with E-state index in [1.165, 1.54) is 32.1 Å². The van der Waals surface area contributed by atoms with Gasteiger partial charge in [-0.05, 0) is 56.8 Å². The van der Waals surface area contributed by atoms with Crippen LogP contribution in [0.2, 0.25) is 0 Å². The molecule has 2 heterocycles. The molecule has 1 amide bonds. The molecule has 0 radical (unpaired) electrons. The van der Waals surface area contributed by atoms with Gasteiger partial charge < -0.3 is 10.6 Å². The van der Waals surface area contributed by atoms with E-state index in [1.807, 2.05) is 35.0 Å². The van der Waals surface area contributed by atoms with Gasteiger partial charge in [-0.2, -0.15) is 5.10 Å². The van der Waals surface area contributed by atoms with Gasteiger partial charge in [0.25, 0.3) is 0 Å². The first-order chi connectivity index (χ1) is 12.8. The van der Waals surface area contributed by atoms with Gasteiger partial charge in [-0.3, -0.25) is 4.79 Å². The maximum atomic E-state index is 12.5. The summed E-state index contributed by atoms with van der Waals surface area (Å²) in [5, 5.41) is 11.3. The lowest BCUT2D eigenvalue weighted by Gasteiger charge is -2.10. The maximum Gasteiger partial charge on any atom is 0.225 e. The summed E-state index contributed by atoms with van der Waals surface area (Å²) in [6.45, 7) is 2.12. The van der Waals surface area contributed by atoms with Crippen molar-refractivity contribution in [1.29, 1.82) is 0 Å². The fourth-order valence-corrected chi connectivity index (χ4v) is 4.18. The van der Waals surface area contributed by atoms with Gasteiger partial charge in [0.05, 0.1) is 11.4 Å². The molecule has 1 atom stereocenters. The normalized spacial score (nSPS) is 19.8. The largest absolute Gasteiger partial charge is 0.316 e. The van der Waals surface area contributed by atoms with E-state index in [9.17, 15) is 4.79 Å². The maximum absolute atomic E-state index is 12.5. The Bertz CT molecular complexity index is 734. The molecule has 1 unspecified atom stereocenters. The highest BCUT2D eigenvalue weighted by molar-refractivity contribution is 5.90. The number of carbonyl (C=O) groups excluding carboxylic acids is 1. The summed E-state index contributed by atoms with van der Waals surface area (Å²) in [7, 11) is 0. The molecule has 0 bridgehead atoms. The molecule has 1 aliphatic carbocycles. The van der Waals surface area contributed by atoms with Crippen molar-refractivity contribution in [1.82, 2.24) is 15.1 Å². The fourth-order valence-electron chi connectivity index (χ4n) is 4.18. The molecule has 4 rings (SSSR count). The van der Waals surface area contributed by atoms with E-state index in [-0.39, 0.29) is 18.3 Å². The predicted octanol–water partition coefficient (Wildman–Crippen LogP) is 4.28. The van der Waals surface area contributed by atoms with Crippen molar-refractivity contribution >= 4 is 24.1 Å². The number of hydrogen-bond acceptors (Lipinski definition) is 3. The Balaban J connectivity index is 0.00000210. The van der Waals surface area contributed by atoms with Crippen LogP contribution >= 0.6 is 12.4 Å². The van der Waals surface area contributed by atoms with E-state index < -0.39 is 0 Å². The molecule has 1 saturated heterocycles. The summed E-state index contributed by atoms with van der Waals surface area (Å²) < 4.78 is 1.89. The second kappa shape index (κ2) is 9.38. The molecule has 6 heteroatoms. The Hall–Kier alpha value is -1.85. The highest BCUT2D eigenvalue weighted by Gasteiger charge is 2.23. The molecule has 1 saturated carbocycles. The van der Waals surface area contributed by atoms with E-state index in [2.05, 4.69) is 16.7 Å². The Labute approximate surface area is 167 Å². The average Bonchev–Trinajstić information content (AvgIpc) is 3.42. The number of benzene rings is 1. The third kappa shape index (κ3) is 4.90. The molecule has 1 aliphatic heterocycles. The molecule has 2 fully saturated rings. The zero-order valence-electron chi connectivity index (χ0n) is 15.7. The van der Waals surface area contributed by atoms with Crippen molar-refractivity contribution in [3.8, 4) is 5.69 Å². The van der Waals surface area contributed by atoms with Gasteiger partial charge >= 0.3 is 0 Å². The van der Waals surface area contributed by atoms with Gasteiger partial charge in [-0.25, -0.2) is 4.68 Å². The molecule has 2 aromatic rings. The minimum Gasteiger partial charge on any atom is -0.316 e. The Morgan fingerprint density at radius 1 is 1.19 bits per heavy atom. The molecule has 5 nitrogen and oxygen atoms in total. The molecule has 2 N–H and O–H groups in total. The van der Waals surface area contributed by atoms with Crippen LogP contribution < -0.4 is 10.6 Å². The molecule has 0 spiro atoms. The van der Waals surface area contributed by atoms with Crippen molar-refractivity contribution in [2.75, 3.05) is 18.4 Å². The summed E-state index contributed by atoms with van der Waals surface area (Å²) in [6.07, 6.45) is 7.67. The second-order valence-electron chi connectivity index (χ2n) is 7.63. The van der Waals surface area contributed by atoms with Crippen LogP contribution in [0.5, 0.6) is 0 Å². The van der Waals surface area contributed by atoms with E-state index in [0.717, 1.165) is 36.7 Å². The summed E-state index contributed by atoms with van der Waals surface area (Å²) in [5.41, 5.74) is 2.11. The monoisotopic (exact) mass is 388 g/mol. The fraction of sp³-hybridized carbons (Fsp3) is 0.524. The standard InChI is InChI=1S/C21H28N4O.ClH/c26-21(11-10-16-12-13-22-15-16)23-20-14-19(17-6-4-5-7-17)24-25(20)18-8-2-1-3-9-18;/h1-3,8-9,14,16-17,22H,4-7,10-13,15H2,(H,23,26);1H. The van der Waals surface area contributed by atoms with Crippen molar-refractivity contribution < 1.29 is 4.79 Å².